The van der Waals surface area contributed by atoms with Crippen LogP contribution in [0.5, 0.6) is 11.5 Å². The first-order valence-electron chi connectivity index (χ1n) is 12.6. The molecule has 4 rings (SSSR count). The molecular formula is C28H35NO7S. The number of ether oxygens (including phenoxy) is 4. The van der Waals surface area contributed by atoms with Gasteiger partial charge in [-0.3, -0.25) is 9.59 Å². The normalized spacial score (nSPS) is 18.8. The Balaban J connectivity index is 1.39. The van der Waals surface area contributed by atoms with E-state index in [2.05, 4.69) is 26.1 Å². The first kappa shape index (κ1) is 27.0. The van der Waals surface area contributed by atoms with Gasteiger partial charge in [0.2, 0.25) is 6.79 Å². The molecule has 9 heteroatoms. The van der Waals surface area contributed by atoms with E-state index < -0.39 is 18.5 Å². The van der Waals surface area contributed by atoms with Crippen LogP contribution in [0.1, 0.15) is 72.8 Å². The molecule has 2 heterocycles. The minimum absolute atomic E-state index is 0.172. The van der Waals surface area contributed by atoms with Gasteiger partial charge < -0.3 is 24.3 Å². The maximum absolute atomic E-state index is 12.7. The molecule has 0 bridgehead atoms. The number of amides is 1. The van der Waals surface area contributed by atoms with Crippen molar-refractivity contribution in [2.45, 2.75) is 59.8 Å². The number of hydrogen-bond acceptors (Lipinski definition) is 8. The lowest BCUT2D eigenvalue weighted by molar-refractivity contribution is -0.153. The number of nitrogens with one attached hydrogen (secondary N) is 1. The lowest BCUT2D eigenvalue weighted by Crippen LogP contribution is -2.31. The van der Waals surface area contributed by atoms with E-state index >= 15 is 0 Å². The minimum Gasteiger partial charge on any atom is -0.465 e. The van der Waals surface area contributed by atoms with Crippen molar-refractivity contribution in [3.05, 3.63) is 39.8 Å². The Bertz CT molecular complexity index is 1170. The summed E-state index contributed by atoms with van der Waals surface area (Å²) in [6, 6.07) is 5.63. The molecule has 1 aromatic heterocycles. The monoisotopic (exact) mass is 529 g/mol. The highest BCUT2D eigenvalue weighted by molar-refractivity contribution is 7.16. The number of fused-ring (bicyclic) bond motifs is 1. The third kappa shape index (κ3) is 6.26. The molecule has 1 N–H and O–H groups in total. The molecule has 0 spiro atoms. The third-order valence-corrected chi connectivity index (χ3v) is 8.36. The Kier molecular flexibility index (Phi) is 8.11. The third-order valence-electron chi connectivity index (χ3n) is 7.30. The Morgan fingerprint density at radius 2 is 1.78 bits per heavy atom. The molecule has 0 atom stereocenters. The van der Waals surface area contributed by atoms with Crippen LogP contribution in [0.2, 0.25) is 0 Å². The zero-order valence-electron chi connectivity index (χ0n) is 22.1. The standard InChI is InChI=1S/C28H35NO7S/c1-16-20(12-17-6-11-21-22(13-17)36-15-35-21)24(27(32)33-5)25(37-16)29-23(30)14-34-26(31)18-7-9-19(10-8-18)28(2,3)4/h6,11,13,18-19H,7-10,12,14-15H2,1-5H3,(H,29,30). The van der Waals surface area contributed by atoms with Gasteiger partial charge in [-0.2, -0.15) is 0 Å². The Morgan fingerprint density at radius 1 is 1.08 bits per heavy atom. The summed E-state index contributed by atoms with van der Waals surface area (Å²) >= 11 is 1.29. The molecule has 37 heavy (non-hydrogen) atoms. The Labute approximate surface area is 221 Å². The molecule has 8 nitrogen and oxygen atoms in total. The van der Waals surface area contributed by atoms with Crippen molar-refractivity contribution in [3.8, 4) is 11.5 Å². The lowest BCUT2D eigenvalue weighted by Gasteiger charge is -2.36. The quantitative estimate of drug-likeness (QED) is 0.473. The topological polar surface area (TPSA) is 100 Å². The fourth-order valence-corrected chi connectivity index (χ4v) is 6.14. The number of benzene rings is 1. The zero-order chi connectivity index (χ0) is 26.7. The van der Waals surface area contributed by atoms with E-state index in [9.17, 15) is 14.4 Å². The van der Waals surface area contributed by atoms with E-state index in [0.29, 0.717) is 34.4 Å². The molecular weight excluding hydrogens is 494 g/mol. The molecule has 200 valence electrons. The van der Waals surface area contributed by atoms with Crippen molar-refractivity contribution in [2.24, 2.45) is 17.3 Å². The van der Waals surface area contributed by atoms with Crippen molar-refractivity contribution in [1.29, 1.82) is 0 Å². The molecule has 1 aliphatic heterocycles. The van der Waals surface area contributed by atoms with Gasteiger partial charge in [0.1, 0.15) is 5.00 Å². The largest absolute Gasteiger partial charge is 0.465 e. The van der Waals surface area contributed by atoms with Crippen LogP contribution in [-0.4, -0.2) is 38.4 Å². The molecule has 1 fully saturated rings. The number of thiophene rings is 1. The van der Waals surface area contributed by atoms with Crippen LogP contribution in [0.25, 0.3) is 0 Å². The van der Waals surface area contributed by atoms with E-state index in [4.69, 9.17) is 18.9 Å². The van der Waals surface area contributed by atoms with Gasteiger partial charge in [-0.05, 0) is 73.6 Å². The predicted molar refractivity (Wildman–Crippen MR) is 140 cm³/mol. The van der Waals surface area contributed by atoms with Crippen LogP contribution < -0.4 is 14.8 Å². The summed E-state index contributed by atoms with van der Waals surface area (Å²) in [7, 11) is 1.31. The Morgan fingerprint density at radius 3 is 2.46 bits per heavy atom. The smallest absolute Gasteiger partial charge is 0.341 e. The van der Waals surface area contributed by atoms with E-state index in [1.165, 1.54) is 18.4 Å². The number of anilines is 1. The van der Waals surface area contributed by atoms with Crippen LogP contribution >= 0.6 is 11.3 Å². The van der Waals surface area contributed by atoms with Crippen molar-refractivity contribution < 1.29 is 33.3 Å². The second-order valence-electron chi connectivity index (χ2n) is 10.8. The first-order chi connectivity index (χ1) is 17.6. The van der Waals surface area contributed by atoms with Crippen molar-refractivity contribution in [3.63, 3.8) is 0 Å². The van der Waals surface area contributed by atoms with Gasteiger partial charge >= 0.3 is 11.9 Å². The summed E-state index contributed by atoms with van der Waals surface area (Å²) in [5.41, 5.74) is 2.23. The lowest BCUT2D eigenvalue weighted by atomic mass is 9.70. The summed E-state index contributed by atoms with van der Waals surface area (Å²) < 4.78 is 21.2. The van der Waals surface area contributed by atoms with Crippen LogP contribution in [0.15, 0.2) is 18.2 Å². The average Bonchev–Trinajstić information content (AvgIpc) is 3.45. The highest BCUT2D eigenvalue weighted by Crippen LogP contribution is 2.40. The molecule has 1 amide bonds. The summed E-state index contributed by atoms with van der Waals surface area (Å²) in [6.07, 6.45) is 3.98. The van der Waals surface area contributed by atoms with Crippen molar-refractivity contribution in [1.82, 2.24) is 0 Å². The molecule has 0 saturated heterocycles. The fourth-order valence-electron chi connectivity index (χ4n) is 5.07. The molecule has 2 aromatic rings. The SMILES string of the molecule is COC(=O)c1c(NC(=O)COC(=O)C2CCC(C(C)(C)C)CC2)sc(C)c1Cc1ccc2c(c1)OCO2. The maximum Gasteiger partial charge on any atom is 0.341 e. The summed E-state index contributed by atoms with van der Waals surface area (Å²) in [5, 5.41) is 3.14. The maximum atomic E-state index is 12.7. The zero-order valence-corrected chi connectivity index (χ0v) is 22.9. The fraction of sp³-hybridized carbons (Fsp3) is 0.536. The molecule has 1 saturated carbocycles. The van der Waals surface area contributed by atoms with E-state index in [-0.39, 0.29) is 24.1 Å². The number of hydrogen-bond donors (Lipinski definition) is 1. The van der Waals surface area contributed by atoms with Gasteiger partial charge in [0, 0.05) is 4.88 Å². The van der Waals surface area contributed by atoms with Gasteiger partial charge in [0.15, 0.2) is 18.1 Å². The van der Waals surface area contributed by atoms with Gasteiger partial charge in [-0.1, -0.05) is 26.8 Å². The second kappa shape index (κ2) is 11.1. The number of rotatable bonds is 7. The Hall–Kier alpha value is -3.07. The van der Waals surface area contributed by atoms with Crippen LogP contribution in [-0.2, 0) is 25.5 Å². The highest BCUT2D eigenvalue weighted by Gasteiger charge is 2.33. The molecule has 1 aliphatic carbocycles. The van der Waals surface area contributed by atoms with Gasteiger partial charge in [0.05, 0.1) is 18.6 Å². The number of carbonyl (C=O) groups excluding carboxylic acids is 3. The summed E-state index contributed by atoms with van der Waals surface area (Å²) in [5.74, 6) is 0.401. The van der Waals surface area contributed by atoms with Gasteiger partial charge in [0.25, 0.3) is 5.91 Å². The van der Waals surface area contributed by atoms with E-state index in [1.807, 2.05) is 25.1 Å². The number of carbonyl (C=O) groups is 3. The van der Waals surface area contributed by atoms with Crippen LogP contribution in [0.4, 0.5) is 5.00 Å². The van der Waals surface area contributed by atoms with Crippen molar-refractivity contribution in [2.75, 3.05) is 25.8 Å². The minimum atomic E-state index is -0.539. The number of esters is 2. The predicted octanol–water partition coefficient (Wildman–Crippen LogP) is 5.50. The molecule has 2 aliphatic rings. The van der Waals surface area contributed by atoms with Crippen LogP contribution in [0, 0.1) is 24.2 Å². The van der Waals surface area contributed by atoms with E-state index in [0.717, 1.165) is 41.7 Å². The average molecular weight is 530 g/mol. The molecule has 0 radical (unpaired) electrons. The highest BCUT2D eigenvalue weighted by atomic mass is 32.1. The van der Waals surface area contributed by atoms with Gasteiger partial charge in [-0.15, -0.1) is 11.3 Å². The van der Waals surface area contributed by atoms with Gasteiger partial charge in [-0.25, -0.2) is 4.79 Å². The van der Waals surface area contributed by atoms with Crippen LogP contribution in [0.3, 0.4) is 0 Å². The number of methoxy groups -OCH3 is 1. The number of aryl methyl sites for hydroxylation is 1. The summed E-state index contributed by atoms with van der Waals surface area (Å²) in [4.78, 5) is 38.8. The van der Waals surface area contributed by atoms with E-state index in [1.54, 1.807) is 0 Å². The first-order valence-corrected chi connectivity index (χ1v) is 13.4. The second-order valence-corrected chi connectivity index (χ2v) is 12.0. The molecule has 0 unspecified atom stereocenters. The molecule has 1 aromatic carbocycles. The van der Waals surface area contributed by atoms with Crippen molar-refractivity contribution >= 4 is 34.2 Å². The summed E-state index contributed by atoms with van der Waals surface area (Å²) in [6.45, 7) is 8.38.